The average Bonchev–Trinajstić information content (AvgIpc) is 2.61. The monoisotopic (exact) mass is 444 g/mol. The van der Waals surface area contributed by atoms with Gasteiger partial charge in [-0.15, -0.1) is 6.58 Å². The SMILES string of the molecule is C=CC[C@H](S)P(=O)(O[C@@H]1C[C@H](C)CC[C@H]1C(C)C)O[C@@H]1C[C@H](C)CC[C@H]1C(C)C. The lowest BCUT2D eigenvalue weighted by Crippen LogP contribution is -2.37. The Hall–Kier alpha value is 0.240. The molecule has 0 aromatic heterocycles. The van der Waals surface area contributed by atoms with E-state index in [4.69, 9.17) is 21.7 Å². The maximum atomic E-state index is 14.2. The summed E-state index contributed by atoms with van der Waals surface area (Å²) in [6.07, 6.45) is 8.92. The highest BCUT2D eigenvalue weighted by molar-refractivity contribution is 7.90. The topological polar surface area (TPSA) is 35.5 Å². The molecule has 0 aliphatic heterocycles. The zero-order chi connectivity index (χ0) is 21.8. The molecular formula is C24H45O3PS. The summed E-state index contributed by atoms with van der Waals surface area (Å²) < 4.78 is 27.2. The van der Waals surface area contributed by atoms with Gasteiger partial charge in [0.2, 0.25) is 0 Å². The first-order chi connectivity index (χ1) is 13.6. The first kappa shape index (κ1) is 25.5. The van der Waals surface area contributed by atoms with E-state index in [9.17, 15) is 4.57 Å². The molecule has 29 heavy (non-hydrogen) atoms. The van der Waals surface area contributed by atoms with Gasteiger partial charge in [0.15, 0.2) is 0 Å². The summed E-state index contributed by atoms with van der Waals surface area (Å²) in [5.41, 5.74) is 0. The lowest BCUT2D eigenvalue weighted by molar-refractivity contribution is -0.00402. The van der Waals surface area contributed by atoms with Gasteiger partial charge in [0.25, 0.3) is 0 Å². The van der Waals surface area contributed by atoms with Crippen LogP contribution in [0.4, 0.5) is 0 Å². The van der Waals surface area contributed by atoms with Crippen molar-refractivity contribution in [2.24, 2.45) is 35.5 Å². The molecule has 0 amide bonds. The summed E-state index contributed by atoms with van der Waals surface area (Å²) in [5, 5.41) is 0. The molecule has 7 atom stereocenters. The number of allylic oxidation sites excluding steroid dienone is 1. The van der Waals surface area contributed by atoms with Crippen LogP contribution in [0.3, 0.4) is 0 Å². The van der Waals surface area contributed by atoms with Crippen LogP contribution in [0.25, 0.3) is 0 Å². The summed E-state index contributed by atoms with van der Waals surface area (Å²) in [6.45, 7) is 17.4. The molecule has 0 heterocycles. The molecule has 170 valence electrons. The van der Waals surface area contributed by atoms with Crippen LogP contribution in [-0.2, 0) is 13.6 Å². The van der Waals surface area contributed by atoms with E-state index in [2.05, 4.69) is 48.1 Å². The lowest BCUT2D eigenvalue weighted by Gasteiger charge is -2.42. The molecule has 2 fully saturated rings. The zero-order valence-electron chi connectivity index (χ0n) is 19.5. The van der Waals surface area contributed by atoms with E-state index in [1.165, 1.54) is 12.8 Å². The van der Waals surface area contributed by atoms with E-state index in [0.717, 1.165) is 25.7 Å². The van der Waals surface area contributed by atoms with Crippen molar-refractivity contribution in [1.29, 1.82) is 0 Å². The van der Waals surface area contributed by atoms with Crippen LogP contribution >= 0.6 is 20.2 Å². The van der Waals surface area contributed by atoms with Crippen molar-refractivity contribution in [3.63, 3.8) is 0 Å². The first-order valence-electron chi connectivity index (χ1n) is 11.8. The smallest absolute Gasteiger partial charge is 0.304 e. The normalized spacial score (nSPS) is 35.1. The van der Waals surface area contributed by atoms with Crippen molar-refractivity contribution in [3.8, 4) is 0 Å². The second kappa shape index (κ2) is 11.2. The molecular weight excluding hydrogens is 399 g/mol. The van der Waals surface area contributed by atoms with Crippen molar-refractivity contribution in [2.45, 2.75) is 104 Å². The molecule has 0 saturated heterocycles. The third-order valence-corrected chi connectivity index (χ3v) is 10.4. The van der Waals surface area contributed by atoms with Crippen LogP contribution in [0, 0.1) is 35.5 Å². The molecule has 0 radical (unpaired) electrons. The molecule has 2 rings (SSSR count). The molecule has 0 aromatic carbocycles. The highest BCUT2D eigenvalue weighted by Gasteiger charge is 2.44. The van der Waals surface area contributed by atoms with Gasteiger partial charge in [0, 0.05) is 0 Å². The summed E-state index contributed by atoms with van der Waals surface area (Å²) in [6, 6.07) is 0. The van der Waals surface area contributed by atoms with Crippen molar-refractivity contribution in [1.82, 2.24) is 0 Å². The van der Waals surface area contributed by atoms with E-state index in [1.807, 2.05) is 0 Å². The maximum Gasteiger partial charge on any atom is 0.344 e. The molecule has 3 nitrogen and oxygen atoms in total. The minimum Gasteiger partial charge on any atom is -0.304 e. The number of thiol groups is 1. The number of hydrogen-bond acceptors (Lipinski definition) is 4. The third-order valence-electron chi connectivity index (χ3n) is 7.23. The third kappa shape index (κ3) is 6.86. The summed E-state index contributed by atoms with van der Waals surface area (Å²) in [5.74, 6) is 3.07. The van der Waals surface area contributed by atoms with Gasteiger partial charge in [-0.25, -0.2) is 0 Å². The molecule has 0 aromatic rings. The zero-order valence-corrected chi connectivity index (χ0v) is 21.3. The van der Waals surface area contributed by atoms with Gasteiger partial charge in [-0.1, -0.05) is 60.5 Å². The fourth-order valence-electron chi connectivity index (χ4n) is 5.29. The van der Waals surface area contributed by atoms with Gasteiger partial charge in [-0.05, 0) is 67.6 Å². The van der Waals surface area contributed by atoms with E-state index < -0.39 is 12.6 Å². The Bertz CT molecular complexity index is 526. The van der Waals surface area contributed by atoms with Crippen LogP contribution < -0.4 is 0 Å². The van der Waals surface area contributed by atoms with Crippen molar-refractivity contribution < 1.29 is 13.6 Å². The first-order valence-corrected chi connectivity index (χ1v) is 14.0. The number of rotatable bonds is 9. The quantitative estimate of drug-likeness (QED) is 0.222. The van der Waals surface area contributed by atoms with Gasteiger partial charge in [0.1, 0.15) is 4.99 Å². The summed E-state index contributed by atoms with van der Waals surface area (Å²) >= 11 is 4.71. The van der Waals surface area contributed by atoms with Gasteiger partial charge < -0.3 is 9.05 Å². The standard InChI is InChI=1S/C24H45O3PS/c1-8-9-24(29)28(25,26-22-14-18(6)10-12-20(22)16(2)3)27-23-15-19(7)11-13-21(23)17(4)5/h8,16-24,29H,1,9-15H2,2-7H3/t18-,19-,20+,21+,22-,23-,24+/m1/s1. The largest absolute Gasteiger partial charge is 0.344 e. The van der Waals surface area contributed by atoms with Crippen molar-refractivity contribution >= 4 is 20.2 Å². The predicted molar refractivity (Wildman–Crippen MR) is 128 cm³/mol. The molecule has 0 N–H and O–H groups in total. The van der Waals surface area contributed by atoms with Crippen molar-refractivity contribution in [2.75, 3.05) is 0 Å². The van der Waals surface area contributed by atoms with Gasteiger partial charge in [0.05, 0.1) is 12.2 Å². The Kier molecular flexibility index (Phi) is 9.85. The Labute approximate surface area is 185 Å². The maximum absolute atomic E-state index is 14.2. The second-order valence-electron chi connectivity index (χ2n) is 10.5. The highest BCUT2D eigenvalue weighted by Crippen LogP contribution is 2.61. The van der Waals surface area contributed by atoms with Crippen LogP contribution in [0.1, 0.15) is 86.5 Å². The van der Waals surface area contributed by atoms with E-state index in [-0.39, 0.29) is 12.2 Å². The molecule has 0 spiro atoms. The second-order valence-corrected chi connectivity index (χ2v) is 13.6. The fraction of sp³-hybridized carbons (Fsp3) is 0.917. The molecule has 0 unspecified atom stereocenters. The highest BCUT2D eigenvalue weighted by atomic mass is 32.1. The Morgan fingerprint density at radius 3 is 1.69 bits per heavy atom. The molecule has 5 heteroatoms. The van der Waals surface area contributed by atoms with Gasteiger partial charge in [-0.2, -0.15) is 12.6 Å². The molecule has 2 aliphatic carbocycles. The minimum atomic E-state index is -3.38. The van der Waals surface area contributed by atoms with Crippen LogP contribution in [0.5, 0.6) is 0 Å². The minimum absolute atomic E-state index is 0.0115. The summed E-state index contributed by atoms with van der Waals surface area (Å²) in [4.78, 5) is -0.449. The van der Waals surface area contributed by atoms with Crippen LogP contribution in [0.15, 0.2) is 12.7 Å². The Morgan fingerprint density at radius 2 is 1.34 bits per heavy atom. The Balaban J connectivity index is 2.27. The van der Waals surface area contributed by atoms with E-state index in [1.54, 1.807) is 6.08 Å². The van der Waals surface area contributed by atoms with E-state index >= 15 is 0 Å². The van der Waals surface area contributed by atoms with E-state index in [0.29, 0.717) is 41.9 Å². The Morgan fingerprint density at radius 1 is 0.931 bits per heavy atom. The van der Waals surface area contributed by atoms with Crippen LogP contribution in [0.2, 0.25) is 0 Å². The van der Waals surface area contributed by atoms with Gasteiger partial charge >= 0.3 is 7.60 Å². The predicted octanol–water partition coefficient (Wildman–Crippen LogP) is 7.97. The number of hydrogen-bond donors (Lipinski definition) is 1. The van der Waals surface area contributed by atoms with Crippen LogP contribution in [-0.4, -0.2) is 17.2 Å². The van der Waals surface area contributed by atoms with Gasteiger partial charge in [-0.3, -0.25) is 4.57 Å². The lowest BCUT2D eigenvalue weighted by atomic mass is 9.75. The molecule has 2 aliphatic rings. The van der Waals surface area contributed by atoms with Crippen molar-refractivity contribution in [3.05, 3.63) is 12.7 Å². The average molecular weight is 445 g/mol. The summed E-state index contributed by atoms with van der Waals surface area (Å²) in [7, 11) is -3.38. The molecule has 0 bridgehead atoms. The molecule has 2 saturated carbocycles. The fourth-order valence-corrected chi connectivity index (χ4v) is 7.75.